The van der Waals surface area contributed by atoms with E-state index in [9.17, 15) is 5.11 Å². The third-order valence-corrected chi connectivity index (χ3v) is 3.90. The van der Waals surface area contributed by atoms with Gasteiger partial charge in [-0.3, -0.25) is 0 Å². The summed E-state index contributed by atoms with van der Waals surface area (Å²) in [6, 6.07) is 11.0. The highest BCUT2D eigenvalue weighted by Gasteiger charge is 2.13. The number of aliphatic hydroxyl groups excluding tert-OH is 1. The lowest BCUT2D eigenvalue weighted by molar-refractivity contribution is 0.187. The van der Waals surface area contributed by atoms with Crippen LogP contribution in [0.3, 0.4) is 0 Å². The Balaban J connectivity index is 2.09. The minimum atomic E-state index is -0.686. The van der Waals surface area contributed by atoms with E-state index in [1.807, 2.05) is 31.2 Å². The molecule has 112 valence electrons. The van der Waals surface area contributed by atoms with E-state index in [-0.39, 0.29) is 0 Å². The molecular formula is C16H17Cl2NO2. The smallest absolute Gasteiger partial charge is 0.124 e. The van der Waals surface area contributed by atoms with Crippen LogP contribution in [-0.4, -0.2) is 18.8 Å². The number of benzene rings is 2. The van der Waals surface area contributed by atoms with Crippen LogP contribution < -0.4 is 10.1 Å². The van der Waals surface area contributed by atoms with Gasteiger partial charge in [-0.05, 0) is 37.3 Å². The van der Waals surface area contributed by atoms with Gasteiger partial charge < -0.3 is 15.2 Å². The third-order valence-electron chi connectivity index (χ3n) is 3.16. The van der Waals surface area contributed by atoms with Crippen molar-refractivity contribution < 1.29 is 9.84 Å². The molecule has 0 saturated heterocycles. The Hall–Kier alpha value is -1.42. The van der Waals surface area contributed by atoms with Gasteiger partial charge in [0.25, 0.3) is 0 Å². The van der Waals surface area contributed by atoms with Crippen LogP contribution in [-0.2, 0) is 0 Å². The van der Waals surface area contributed by atoms with Gasteiger partial charge in [0.15, 0.2) is 0 Å². The highest BCUT2D eigenvalue weighted by atomic mass is 35.5. The number of rotatable bonds is 5. The number of ether oxygens (including phenoxy) is 1. The second kappa shape index (κ2) is 7.03. The van der Waals surface area contributed by atoms with Crippen LogP contribution in [0.1, 0.15) is 17.2 Å². The van der Waals surface area contributed by atoms with Gasteiger partial charge in [0.05, 0.1) is 23.3 Å². The normalized spacial score (nSPS) is 12.0. The fourth-order valence-corrected chi connectivity index (χ4v) is 2.34. The maximum atomic E-state index is 10.3. The predicted octanol–water partition coefficient (Wildman–Crippen LogP) is 4.46. The summed E-state index contributed by atoms with van der Waals surface area (Å²) in [5, 5.41) is 14.5. The van der Waals surface area contributed by atoms with Crippen molar-refractivity contribution in [3.8, 4) is 5.75 Å². The number of nitrogens with one attached hydrogen (secondary N) is 1. The zero-order valence-corrected chi connectivity index (χ0v) is 13.4. The number of aliphatic hydroxyl groups is 1. The molecule has 0 fully saturated rings. The molecule has 2 aromatic carbocycles. The molecule has 0 spiro atoms. The van der Waals surface area contributed by atoms with Crippen LogP contribution in [0.2, 0.25) is 10.0 Å². The lowest BCUT2D eigenvalue weighted by Crippen LogP contribution is -2.13. The summed E-state index contributed by atoms with van der Waals surface area (Å²) in [6.45, 7) is 2.32. The van der Waals surface area contributed by atoms with Crippen LogP contribution in [0, 0.1) is 6.92 Å². The minimum Gasteiger partial charge on any atom is -0.496 e. The lowest BCUT2D eigenvalue weighted by Gasteiger charge is -2.17. The van der Waals surface area contributed by atoms with E-state index < -0.39 is 6.10 Å². The molecule has 0 bridgehead atoms. The van der Waals surface area contributed by atoms with Gasteiger partial charge in [-0.2, -0.15) is 0 Å². The highest BCUT2D eigenvalue weighted by molar-refractivity contribution is 6.42. The summed E-state index contributed by atoms with van der Waals surface area (Å²) in [6.07, 6.45) is -0.686. The topological polar surface area (TPSA) is 41.5 Å². The number of hydrogen-bond donors (Lipinski definition) is 2. The Kier molecular flexibility index (Phi) is 5.34. The predicted molar refractivity (Wildman–Crippen MR) is 87.6 cm³/mol. The quantitative estimate of drug-likeness (QED) is 0.852. The minimum absolute atomic E-state index is 0.345. The molecule has 3 nitrogen and oxygen atoms in total. The number of anilines is 1. The van der Waals surface area contributed by atoms with E-state index in [4.69, 9.17) is 27.9 Å². The second-order valence-corrected chi connectivity index (χ2v) is 5.59. The molecule has 5 heteroatoms. The molecule has 2 rings (SSSR count). The third kappa shape index (κ3) is 4.03. The Bertz CT molecular complexity index is 632. The van der Waals surface area contributed by atoms with Crippen LogP contribution in [0.15, 0.2) is 36.4 Å². The number of hydrogen-bond acceptors (Lipinski definition) is 3. The molecule has 1 unspecified atom stereocenters. The highest BCUT2D eigenvalue weighted by Crippen LogP contribution is 2.28. The average Bonchev–Trinajstić information content (AvgIpc) is 2.48. The van der Waals surface area contributed by atoms with Gasteiger partial charge in [-0.1, -0.05) is 34.8 Å². The molecule has 2 aromatic rings. The monoisotopic (exact) mass is 325 g/mol. The summed E-state index contributed by atoms with van der Waals surface area (Å²) in [7, 11) is 1.59. The summed E-state index contributed by atoms with van der Waals surface area (Å²) >= 11 is 11.8. The molecular weight excluding hydrogens is 309 g/mol. The molecule has 0 radical (unpaired) electrons. The summed E-state index contributed by atoms with van der Waals surface area (Å²) in [5.41, 5.74) is 2.62. The summed E-state index contributed by atoms with van der Waals surface area (Å²) in [5.74, 6) is 0.670. The van der Waals surface area contributed by atoms with Crippen molar-refractivity contribution in [2.24, 2.45) is 0 Å². The SMILES string of the molecule is COc1ccc(C)cc1C(O)CNc1ccc(Cl)c(Cl)c1. The van der Waals surface area contributed by atoms with Gasteiger partial charge >= 0.3 is 0 Å². The molecule has 2 N–H and O–H groups in total. The summed E-state index contributed by atoms with van der Waals surface area (Å²) < 4.78 is 5.28. The first-order valence-electron chi connectivity index (χ1n) is 6.53. The molecule has 0 heterocycles. The molecule has 0 aliphatic rings. The van der Waals surface area contributed by atoms with E-state index >= 15 is 0 Å². The maximum absolute atomic E-state index is 10.3. The maximum Gasteiger partial charge on any atom is 0.124 e. The fourth-order valence-electron chi connectivity index (χ4n) is 2.04. The van der Waals surface area contributed by atoms with Crippen molar-refractivity contribution in [1.29, 1.82) is 0 Å². The second-order valence-electron chi connectivity index (χ2n) is 4.77. The standard InChI is InChI=1S/C16H17Cl2NO2/c1-10-3-6-16(21-2)12(7-10)15(20)9-19-11-4-5-13(17)14(18)8-11/h3-8,15,19-20H,9H2,1-2H3. The molecule has 0 aromatic heterocycles. The van der Waals surface area contributed by atoms with Crippen LogP contribution in [0.25, 0.3) is 0 Å². The zero-order valence-electron chi connectivity index (χ0n) is 11.9. The number of aryl methyl sites for hydroxylation is 1. The van der Waals surface area contributed by atoms with Crippen molar-refractivity contribution in [3.63, 3.8) is 0 Å². The average molecular weight is 326 g/mol. The Morgan fingerprint density at radius 2 is 1.90 bits per heavy atom. The summed E-state index contributed by atoms with van der Waals surface area (Å²) in [4.78, 5) is 0. The van der Waals surface area contributed by atoms with Crippen LogP contribution in [0.4, 0.5) is 5.69 Å². The van der Waals surface area contributed by atoms with Crippen LogP contribution >= 0.6 is 23.2 Å². The molecule has 21 heavy (non-hydrogen) atoms. The molecule has 0 saturated carbocycles. The van der Waals surface area contributed by atoms with Gasteiger partial charge in [-0.15, -0.1) is 0 Å². The van der Waals surface area contributed by atoms with Crippen LogP contribution in [0.5, 0.6) is 5.75 Å². The van der Waals surface area contributed by atoms with Gasteiger partial charge in [0.2, 0.25) is 0 Å². The van der Waals surface area contributed by atoms with E-state index in [2.05, 4.69) is 5.32 Å². The molecule has 1 atom stereocenters. The fraction of sp³-hybridized carbons (Fsp3) is 0.250. The van der Waals surface area contributed by atoms with Crippen molar-refractivity contribution in [1.82, 2.24) is 0 Å². The van der Waals surface area contributed by atoms with Gasteiger partial charge in [-0.25, -0.2) is 0 Å². The first-order valence-corrected chi connectivity index (χ1v) is 7.28. The van der Waals surface area contributed by atoms with Crippen molar-refractivity contribution in [2.75, 3.05) is 19.0 Å². The van der Waals surface area contributed by atoms with Crippen molar-refractivity contribution in [2.45, 2.75) is 13.0 Å². The number of halogens is 2. The van der Waals surface area contributed by atoms with E-state index in [1.165, 1.54) is 0 Å². The largest absolute Gasteiger partial charge is 0.496 e. The van der Waals surface area contributed by atoms with E-state index in [1.54, 1.807) is 19.2 Å². The number of methoxy groups -OCH3 is 1. The first kappa shape index (κ1) is 16.0. The zero-order chi connectivity index (χ0) is 15.4. The first-order chi connectivity index (χ1) is 10.0. The Labute approximate surface area is 134 Å². The molecule has 0 aliphatic heterocycles. The Morgan fingerprint density at radius 3 is 2.57 bits per heavy atom. The molecule has 0 aliphatic carbocycles. The van der Waals surface area contributed by atoms with Gasteiger partial charge in [0.1, 0.15) is 5.75 Å². The molecule has 0 amide bonds. The lowest BCUT2D eigenvalue weighted by atomic mass is 10.1. The van der Waals surface area contributed by atoms with E-state index in [0.717, 1.165) is 16.8 Å². The Morgan fingerprint density at radius 1 is 1.14 bits per heavy atom. The van der Waals surface area contributed by atoms with Crippen molar-refractivity contribution >= 4 is 28.9 Å². The van der Waals surface area contributed by atoms with E-state index in [0.29, 0.717) is 22.3 Å². The van der Waals surface area contributed by atoms with Crippen molar-refractivity contribution in [3.05, 3.63) is 57.6 Å². The van der Waals surface area contributed by atoms with Gasteiger partial charge in [0, 0.05) is 17.8 Å².